The van der Waals surface area contributed by atoms with Crippen molar-refractivity contribution in [1.29, 1.82) is 0 Å². The summed E-state index contributed by atoms with van der Waals surface area (Å²) < 4.78 is 11.8. The van der Waals surface area contributed by atoms with E-state index >= 15 is 0 Å². The Morgan fingerprint density at radius 2 is 1.77 bits per heavy atom. The predicted octanol–water partition coefficient (Wildman–Crippen LogP) is 4.43. The third-order valence-corrected chi connectivity index (χ3v) is 3.69. The van der Waals surface area contributed by atoms with E-state index in [2.05, 4.69) is 23.2 Å². The second-order valence-corrected chi connectivity index (χ2v) is 5.08. The number of hydrogen-bond donors (Lipinski definition) is 0. The quantitative estimate of drug-likeness (QED) is 0.523. The van der Waals surface area contributed by atoms with Crippen LogP contribution in [-0.2, 0) is 0 Å². The van der Waals surface area contributed by atoms with Crippen LogP contribution in [-0.4, -0.2) is 12.5 Å². The molecule has 0 unspecified atom stereocenters. The molecule has 0 atom stereocenters. The zero-order valence-corrected chi connectivity index (χ0v) is 12.2. The Morgan fingerprint density at radius 3 is 2.64 bits per heavy atom. The van der Waals surface area contributed by atoms with Crippen molar-refractivity contribution in [3.05, 3.63) is 60.7 Å². The number of fused-ring (bicyclic) bond motifs is 2. The molecule has 0 aliphatic heterocycles. The molecule has 22 heavy (non-hydrogen) atoms. The lowest BCUT2D eigenvalue weighted by molar-refractivity contribution is 0.590. The van der Waals surface area contributed by atoms with E-state index in [0.29, 0.717) is 13.4 Å². The Hall–Kier alpha value is -2.75. The van der Waals surface area contributed by atoms with Crippen LogP contribution in [0, 0.1) is 0 Å². The van der Waals surface area contributed by atoms with Gasteiger partial charge in [-0.1, -0.05) is 49.3 Å². The van der Waals surface area contributed by atoms with Crippen LogP contribution in [0.5, 0.6) is 5.75 Å². The first kappa shape index (κ1) is 13.0. The molecule has 106 valence electrons. The summed E-state index contributed by atoms with van der Waals surface area (Å²) in [6, 6.07) is 20.0. The molecule has 0 saturated heterocycles. The molecule has 0 amide bonds. The summed E-state index contributed by atoms with van der Waals surface area (Å²) in [5.74, 6) is 1.42. The summed E-state index contributed by atoms with van der Waals surface area (Å²) in [7, 11) is 0.598. The lowest BCUT2D eigenvalue weighted by atomic mass is 10.0. The highest BCUT2D eigenvalue weighted by atomic mass is 16.4. The molecular formula is C18H14BNO2. The van der Waals surface area contributed by atoms with Crippen molar-refractivity contribution < 1.29 is 9.07 Å². The molecule has 3 nitrogen and oxygen atoms in total. The lowest BCUT2D eigenvalue weighted by Crippen LogP contribution is -1.98. The molecule has 0 saturated carbocycles. The summed E-state index contributed by atoms with van der Waals surface area (Å²) in [6.45, 7) is 1.98. The maximum Gasteiger partial charge on any atom is 0.336 e. The molecule has 1 heterocycles. The predicted molar refractivity (Wildman–Crippen MR) is 90.6 cm³/mol. The minimum atomic E-state index is 0.593. The molecule has 0 aliphatic carbocycles. The van der Waals surface area contributed by atoms with E-state index in [1.165, 1.54) is 0 Å². The van der Waals surface area contributed by atoms with Crippen LogP contribution < -0.4 is 4.65 Å². The van der Waals surface area contributed by atoms with Crippen LogP contribution >= 0.6 is 0 Å². The van der Waals surface area contributed by atoms with Crippen LogP contribution in [0.2, 0.25) is 6.82 Å². The van der Waals surface area contributed by atoms with E-state index in [4.69, 9.17) is 9.07 Å². The highest BCUT2D eigenvalue weighted by Crippen LogP contribution is 2.37. The van der Waals surface area contributed by atoms with E-state index < -0.39 is 0 Å². The normalized spacial score (nSPS) is 11.0. The molecule has 3 aromatic carbocycles. The fraction of sp³-hybridized carbons (Fsp3) is 0.0556. The fourth-order valence-corrected chi connectivity index (χ4v) is 2.70. The van der Waals surface area contributed by atoms with E-state index in [0.717, 1.165) is 33.2 Å². The lowest BCUT2D eigenvalue weighted by Gasteiger charge is -2.11. The maximum absolute atomic E-state index is 5.90. The Labute approximate surface area is 128 Å². The molecule has 0 aliphatic rings. The van der Waals surface area contributed by atoms with Crippen LogP contribution in [0.4, 0.5) is 0 Å². The van der Waals surface area contributed by atoms with Gasteiger partial charge in [-0.2, -0.15) is 0 Å². The summed E-state index contributed by atoms with van der Waals surface area (Å²) in [5.41, 5.74) is 2.53. The molecule has 0 N–H and O–H groups in total. The van der Waals surface area contributed by atoms with Crippen molar-refractivity contribution >= 4 is 29.4 Å². The zero-order chi connectivity index (χ0) is 14.9. The summed E-state index contributed by atoms with van der Waals surface area (Å²) in [4.78, 5) is 4.59. The number of benzene rings is 3. The smallest absolute Gasteiger partial charge is 0.336 e. The van der Waals surface area contributed by atoms with Gasteiger partial charge < -0.3 is 9.07 Å². The van der Waals surface area contributed by atoms with Crippen molar-refractivity contribution in [3.63, 3.8) is 0 Å². The monoisotopic (exact) mass is 287 g/mol. The third kappa shape index (κ3) is 2.04. The van der Waals surface area contributed by atoms with Crippen molar-refractivity contribution in [3.8, 4) is 17.2 Å². The average Bonchev–Trinajstić information content (AvgIpc) is 2.99. The summed E-state index contributed by atoms with van der Waals surface area (Å²) in [6.07, 6.45) is 0. The Balaban J connectivity index is 1.98. The number of rotatable bonds is 3. The first-order valence-corrected chi connectivity index (χ1v) is 7.37. The number of aromatic nitrogens is 1. The van der Waals surface area contributed by atoms with Crippen molar-refractivity contribution in [2.24, 2.45) is 0 Å². The van der Waals surface area contributed by atoms with Gasteiger partial charge >= 0.3 is 7.48 Å². The van der Waals surface area contributed by atoms with Crippen LogP contribution in [0.15, 0.2) is 65.1 Å². The zero-order valence-electron chi connectivity index (χ0n) is 12.2. The Bertz CT molecular complexity index is 929. The molecule has 4 aromatic rings. The number of nitrogens with zero attached hydrogens (tertiary/aromatic N) is 1. The number of para-hydroxylation sites is 2. The van der Waals surface area contributed by atoms with Gasteiger partial charge in [-0.3, -0.25) is 0 Å². The molecule has 0 fully saturated rings. The van der Waals surface area contributed by atoms with Gasteiger partial charge in [-0.05, 0) is 23.6 Å². The third-order valence-electron chi connectivity index (χ3n) is 3.69. The van der Waals surface area contributed by atoms with Gasteiger partial charge in [-0.25, -0.2) is 4.98 Å². The van der Waals surface area contributed by atoms with Crippen LogP contribution in [0.25, 0.3) is 33.3 Å². The van der Waals surface area contributed by atoms with Crippen LogP contribution in [0.1, 0.15) is 0 Å². The minimum absolute atomic E-state index is 0.593. The molecule has 0 radical (unpaired) electrons. The van der Waals surface area contributed by atoms with Crippen molar-refractivity contribution in [2.75, 3.05) is 0 Å². The first-order chi connectivity index (χ1) is 10.9. The van der Waals surface area contributed by atoms with Gasteiger partial charge in [0.25, 0.3) is 0 Å². The number of oxazole rings is 1. The standard InChI is InChI=1S/C18H14BNO2/c1-19-22-17-13-7-3-2-6-12(13)10-11-14(17)18-20-15-8-4-5-9-16(15)21-18/h2-11,19H,1H3. The molecule has 1 aromatic heterocycles. The highest BCUT2D eigenvalue weighted by Gasteiger charge is 2.15. The maximum atomic E-state index is 5.90. The van der Waals surface area contributed by atoms with Gasteiger partial charge in [0.05, 0.1) is 5.56 Å². The summed E-state index contributed by atoms with van der Waals surface area (Å²) >= 11 is 0. The SMILES string of the molecule is CBOc1c(-c2nc3ccccc3o2)ccc2ccccc12. The van der Waals surface area contributed by atoms with Gasteiger partial charge in [-0.15, -0.1) is 0 Å². The van der Waals surface area contributed by atoms with E-state index in [-0.39, 0.29) is 0 Å². The second kappa shape index (κ2) is 5.22. The fourth-order valence-electron chi connectivity index (χ4n) is 2.70. The molecule has 0 bridgehead atoms. The van der Waals surface area contributed by atoms with E-state index in [9.17, 15) is 0 Å². The Morgan fingerprint density at radius 1 is 0.955 bits per heavy atom. The summed E-state index contributed by atoms with van der Waals surface area (Å²) in [5, 5.41) is 2.22. The minimum Gasteiger partial charge on any atom is -0.564 e. The Kier molecular flexibility index (Phi) is 3.08. The van der Waals surface area contributed by atoms with Crippen LogP contribution in [0.3, 0.4) is 0 Å². The van der Waals surface area contributed by atoms with Gasteiger partial charge in [0.1, 0.15) is 11.3 Å². The first-order valence-electron chi connectivity index (χ1n) is 7.37. The average molecular weight is 287 g/mol. The largest absolute Gasteiger partial charge is 0.564 e. The highest BCUT2D eigenvalue weighted by molar-refractivity contribution is 6.27. The van der Waals surface area contributed by atoms with Crippen molar-refractivity contribution in [2.45, 2.75) is 6.82 Å². The van der Waals surface area contributed by atoms with Gasteiger partial charge in [0.2, 0.25) is 5.89 Å². The van der Waals surface area contributed by atoms with Gasteiger partial charge in [0, 0.05) is 5.39 Å². The number of hydrogen-bond acceptors (Lipinski definition) is 3. The van der Waals surface area contributed by atoms with E-state index in [1.54, 1.807) is 0 Å². The molecule has 0 spiro atoms. The topological polar surface area (TPSA) is 35.3 Å². The van der Waals surface area contributed by atoms with Gasteiger partial charge in [0.15, 0.2) is 5.58 Å². The van der Waals surface area contributed by atoms with E-state index in [1.807, 2.05) is 49.3 Å². The molecule has 4 heteroatoms. The second-order valence-electron chi connectivity index (χ2n) is 5.08. The molecular weight excluding hydrogens is 273 g/mol. The molecule has 4 rings (SSSR count). The van der Waals surface area contributed by atoms with Crippen molar-refractivity contribution in [1.82, 2.24) is 4.98 Å².